The van der Waals surface area contributed by atoms with Gasteiger partial charge in [-0.1, -0.05) is 35.9 Å². The Morgan fingerprint density at radius 2 is 1.61 bits per heavy atom. The van der Waals surface area contributed by atoms with Crippen LogP contribution in [0.2, 0.25) is 5.02 Å². The van der Waals surface area contributed by atoms with Crippen LogP contribution in [0, 0.1) is 13.8 Å². The minimum atomic E-state index is -0.925. The summed E-state index contributed by atoms with van der Waals surface area (Å²) in [5.74, 6) is -0.868. The third kappa shape index (κ3) is 4.16. The van der Waals surface area contributed by atoms with Crippen molar-refractivity contribution in [2.24, 2.45) is 0 Å². The maximum Gasteiger partial charge on any atom is 0.300 e. The number of halogens is 1. The number of ketones is 1. The number of aliphatic hydroxyl groups excluding tert-OH is 1. The van der Waals surface area contributed by atoms with Crippen molar-refractivity contribution in [3.8, 4) is 17.2 Å². The van der Waals surface area contributed by atoms with Gasteiger partial charge in [0.2, 0.25) is 0 Å². The summed E-state index contributed by atoms with van der Waals surface area (Å²) in [5.41, 5.74) is 3.04. The monoisotopic (exact) mass is 507 g/mol. The minimum Gasteiger partial charge on any atom is -0.507 e. The molecule has 3 aromatic rings. The van der Waals surface area contributed by atoms with Crippen LogP contribution in [0.25, 0.3) is 5.76 Å². The topological polar surface area (TPSA) is 85.3 Å². The molecule has 0 saturated carbocycles. The van der Waals surface area contributed by atoms with E-state index in [-0.39, 0.29) is 21.9 Å². The van der Waals surface area contributed by atoms with Crippen molar-refractivity contribution >= 4 is 34.7 Å². The molecule has 1 fully saturated rings. The standard InChI is InChI=1S/C28H26ClNO6/c1-15-8-6-11-21(16(15)2)30-25(17-9-7-10-18(12-17)34-3)24(27(32)28(30)33)26(31)19-13-20(29)23(36-5)14-22(19)35-4/h6-14,25,31H,1-5H3/b26-24+. The second kappa shape index (κ2) is 9.95. The number of nitrogens with zero attached hydrogens (tertiary/aromatic N) is 1. The van der Waals surface area contributed by atoms with Gasteiger partial charge < -0.3 is 19.3 Å². The number of amides is 1. The number of ether oxygens (including phenoxy) is 3. The van der Waals surface area contributed by atoms with Crippen molar-refractivity contribution in [1.82, 2.24) is 0 Å². The highest BCUT2D eigenvalue weighted by Gasteiger charge is 2.47. The van der Waals surface area contributed by atoms with E-state index in [2.05, 4.69) is 0 Å². The number of rotatable bonds is 6. The van der Waals surface area contributed by atoms with Gasteiger partial charge in [-0.2, -0.15) is 0 Å². The number of hydrogen-bond donors (Lipinski definition) is 1. The molecule has 0 radical (unpaired) electrons. The summed E-state index contributed by atoms with van der Waals surface area (Å²) in [7, 11) is 4.41. The van der Waals surface area contributed by atoms with E-state index in [1.807, 2.05) is 26.0 Å². The fourth-order valence-corrected chi connectivity index (χ4v) is 4.64. The van der Waals surface area contributed by atoms with Crippen molar-refractivity contribution in [1.29, 1.82) is 0 Å². The van der Waals surface area contributed by atoms with Gasteiger partial charge in [0.15, 0.2) is 0 Å². The minimum absolute atomic E-state index is 0.0892. The molecule has 1 heterocycles. The quantitative estimate of drug-likeness (QED) is 0.265. The second-order valence-corrected chi connectivity index (χ2v) is 8.76. The van der Waals surface area contributed by atoms with Crippen molar-refractivity contribution in [3.05, 3.63) is 87.4 Å². The second-order valence-electron chi connectivity index (χ2n) is 8.35. The molecule has 1 saturated heterocycles. The Morgan fingerprint density at radius 3 is 2.28 bits per heavy atom. The van der Waals surface area contributed by atoms with Crippen LogP contribution in [0.5, 0.6) is 17.2 Å². The van der Waals surface area contributed by atoms with E-state index in [0.717, 1.165) is 11.1 Å². The number of benzene rings is 3. The van der Waals surface area contributed by atoms with E-state index < -0.39 is 23.5 Å². The molecule has 0 spiro atoms. The first-order chi connectivity index (χ1) is 17.2. The fourth-order valence-electron chi connectivity index (χ4n) is 4.39. The lowest BCUT2D eigenvalue weighted by Crippen LogP contribution is -2.30. The van der Waals surface area contributed by atoms with Crippen molar-refractivity contribution in [2.75, 3.05) is 26.2 Å². The number of anilines is 1. The Labute approximate surface area is 214 Å². The van der Waals surface area contributed by atoms with Crippen molar-refractivity contribution < 1.29 is 28.9 Å². The van der Waals surface area contributed by atoms with Gasteiger partial charge in [-0.25, -0.2) is 0 Å². The summed E-state index contributed by atoms with van der Waals surface area (Å²) >= 11 is 6.34. The Kier molecular flexibility index (Phi) is 6.95. The zero-order valence-corrected chi connectivity index (χ0v) is 21.3. The predicted octanol–water partition coefficient (Wildman–Crippen LogP) is 5.61. The Balaban J connectivity index is 2.03. The van der Waals surface area contributed by atoms with Crippen LogP contribution in [-0.2, 0) is 9.59 Å². The highest BCUT2D eigenvalue weighted by atomic mass is 35.5. The van der Waals surface area contributed by atoms with Crippen LogP contribution in [0.1, 0.15) is 28.3 Å². The lowest BCUT2D eigenvalue weighted by Gasteiger charge is -2.27. The molecule has 1 unspecified atom stereocenters. The molecule has 1 aliphatic rings. The summed E-state index contributed by atoms with van der Waals surface area (Å²) in [5, 5.41) is 11.7. The van der Waals surface area contributed by atoms with Crippen molar-refractivity contribution in [3.63, 3.8) is 0 Å². The molecule has 36 heavy (non-hydrogen) atoms. The molecule has 1 aliphatic heterocycles. The summed E-state index contributed by atoms with van der Waals surface area (Å²) in [4.78, 5) is 28.4. The van der Waals surface area contributed by atoms with Gasteiger partial charge in [0.25, 0.3) is 11.7 Å². The van der Waals surface area contributed by atoms with Gasteiger partial charge in [0.1, 0.15) is 23.0 Å². The molecule has 1 atom stereocenters. The van der Waals surface area contributed by atoms with Crippen LogP contribution in [0.3, 0.4) is 0 Å². The molecule has 7 nitrogen and oxygen atoms in total. The molecule has 3 aromatic carbocycles. The Hall–Kier alpha value is -3.97. The van der Waals surface area contributed by atoms with Crippen LogP contribution < -0.4 is 19.1 Å². The lowest BCUT2D eigenvalue weighted by atomic mass is 9.94. The molecule has 8 heteroatoms. The first kappa shape index (κ1) is 25.1. The van der Waals surface area contributed by atoms with Gasteiger partial charge in [-0.15, -0.1) is 0 Å². The lowest BCUT2D eigenvalue weighted by molar-refractivity contribution is -0.132. The van der Waals surface area contributed by atoms with E-state index in [1.54, 1.807) is 30.3 Å². The molecule has 186 valence electrons. The molecule has 0 aliphatic carbocycles. The number of Topliss-reactive ketones (excluding diaryl/α,β-unsaturated/α-hetero) is 1. The van der Waals surface area contributed by atoms with Gasteiger partial charge in [-0.3, -0.25) is 14.5 Å². The van der Waals surface area contributed by atoms with Crippen LogP contribution in [-0.4, -0.2) is 38.1 Å². The molecular weight excluding hydrogens is 482 g/mol. The smallest absolute Gasteiger partial charge is 0.300 e. The average Bonchev–Trinajstić information content (AvgIpc) is 3.15. The summed E-state index contributed by atoms with van der Waals surface area (Å²) in [6.45, 7) is 3.82. The highest BCUT2D eigenvalue weighted by Crippen LogP contribution is 2.46. The molecule has 0 bridgehead atoms. The molecule has 0 aromatic heterocycles. The molecular formula is C28H26ClNO6. The number of aryl methyl sites for hydroxylation is 1. The fraction of sp³-hybridized carbons (Fsp3) is 0.214. The van der Waals surface area contributed by atoms with Crippen LogP contribution >= 0.6 is 11.6 Å². The van der Waals surface area contributed by atoms with E-state index in [4.69, 9.17) is 25.8 Å². The molecule has 1 N–H and O–H groups in total. The number of hydrogen-bond acceptors (Lipinski definition) is 6. The summed E-state index contributed by atoms with van der Waals surface area (Å²) in [6, 6.07) is 14.6. The first-order valence-corrected chi connectivity index (χ1v) is 11.5. The summed E-state index contributed by atoms with van der Waals surface area (Å²) in [6.07, 6.45) is 0. The van der Waals surface area contributed by atoms with Gasteiger partial charge in [0.05, 0.1) is 43.5 Å². The van der Waals surface area contributed by atoms with E-state index in [1.165, 1.54) is 38.4 Å². The average molecular weight is 508 g/mol. The number of carbonyl (C=O) groups excluding carboxylic acids is 2. The third-order valence-electron chi connectivity index (χ3n) is 6.42. The zero-order valence-electron chi connectivity index (χ0n) is 20.6. The molecule has 4 rings (SSSR count). The maximum atomic E-state index is 13.5. The van der Waals surface area contributed by atoms with E-state index in [0.29, 0.717) is 22.7 Å². The van der Waals surface area contributed by atoms with Gasteiger partial charge in [-0.05, 0) is 54.8 Å². The molecule has 1 amide bonds. The normalized spacial score (nSPS) is 16.8. The largest absolute Gasteiger partial charge is 0.507 e. The predicted molar refractivity (Wildman–Crippen MR) is 138 cm³/mol. The third-order valence-corrected chi connectivity index (χ3v) is 6.71. The number of methoxy groups -OCH3 is 3. The Bertz CT molecular complexity index is 1400. The van der Waals surface area contributed by atoms with Gasteiger partial charge in [0, 0.05) is 11.8 Å². The van der Waals surface area contributed by atoms with E-state index >= 15 is 0 Å². The van der Waals surface area contributed by atoms with Gasteiger partial charge >= 0.3 is 0 Å². The van der Waals surface area contributed by atoms with Crippen LogP contribution in [0.15, 0.2) is 60.2 Å². The summed E-state index contributed by atoms with van der Waals surface area (Å²) < 4.78 is 16.1. The number of carbonyl (C=O) groups is 2. The maximum absolute atomic E-state index is 13.5. The van der Waals surface area contributed by atoms with Crippen molar-refractivity contribution in [2.45, 2.75) is 19.9 Å². The highest BCUT2D eigenvalue weighted by molar-refractivity contribution is 6.52. The van der Waals surface area contributed by atoms with E-state index in [9.17, 15) is 14.7 Å². The van der Waals surface area contributed by atoms with Crippen LogP contribution in [0.4, 0.5) is 5.69 Å². The zero-order chi connectivity index (χ0) is 26.1. The Morgan fingerprint density at radius 1 is 0.917 bits per heavy atom. The number of aliphatic hydroxyl groups is 1. The SMILES string of the molecule is COc1cccc(C2/C(=C(\O)c3cc(Cl)c(OC)cc3OC)C(=O)C(=O)N2c2cccc(C)c2C)c1. The first-order valence-electron chi connectivity index (χ1n) is 11.2.